The molecule has 3 N–H and O–H groups in total. The zero-order chi connectivity index (χ0) is 16.0. The maximum Gasteiger partial charge on any atom is 0.534 e. The molecule has 1 aliphatic heterocycles. The Kier molecular flexibility index (Phi) is 3.54. The van der Waals surface area contributed by atoms with E-state index in [1.165, 1.54) is 12.1 Å². The maximum absolute atomic E-state index is 11.8. The summed E-state index contributed by atoms with van der Waals surface area (Å²) in [6.45, 7) is 7.13. The SMILES string of the molecule is CC1(C)CC(OC(=O)On2c(O)ccc2O)C(C)(C)N1O. The summed E-state index contributed by atoms with van der Waals surface area (Å²) >= 11 is 0. The van der Waals surface area contributed by atoms with E-state index in [0.29, 0.717) is 11.2 Å². The molecule has 8 heteroatoms. The van der Waals surface area contributed by atoms with E-state index in [4.69, 9.17) is 9.57 Å². The lowest BCUT2D eigenvalue weighted by molar-refractivity contribution is -0.202. The molecular formula is C13H20N2O6. The van der Waals surface area contributed by atoms with E-state index >= 15 is 0 Å². The molecule has 1 unspecified atom stereocenters. The number of nitrogens with zero attached hydrogens (tertiary/aromatic N) is 2. The second-order valence-electron chi connectivity index (χ2n) is 6.27. The van der Waals surface area contributed by atoms with Crippen LogP contribution in [0.2, 0.25) is 0 Å². The third-order valence-corrected chi connectivity index (χ3v) is 3.79. The minimum Gasteiger partial charge on any atom is -0.492 e. The van der Waals surface area contributed by atoms with Crippen LogP contribution < -0.4 is 4.84 Å². The van der Waals surface area contributed by atoms with Crippen LogP contribution in [0.1, 0.15) is 34.1 Å². The normalized spacial score (nSPS) is 24.0. The molecule has 0 radical (unpaired) electrons. The van der Waals surface area contributed by atoms with Crippen LogP contribution in [-0.4, -0.2) is 48.6 Å². The predicted molar refractivity (Wildman–Crippen MR) is 71.0 cm³/mol. The molecule has 1 aromatic rings. The van der Waals surface area contributed by atoms with Crippen molar-refractivity contribution >= 4 is 6.16 Å². The number of hydrogen-bond acceptors (Lipinski definition) is 7. The maximum atomic E-state index is 11.8. The van der Waals surface area contributed by atoms with E-state index in [2.05, 4.69) is 0 Å². The molecule has 1 aromatic heterocycles. The Balaban J connectivity index is 2.07. The number of hydrogen-bond donors (Lipinski definition) is 3. The fourth-order valence-corrected chi connectivity index (χ4v) is 2.60. The molecule has 0 spiro atoms. The van der Waals surface area contributed by atoms with Gasteiger partial charge in [0.1, 0.15) is 6.10 Å². The molecule has 118 valence electrons. The first kappa shape index (κ1) is 15.5. The van der Waals surface area contributed by atoms with Crippen molar-refractivity contribution in [2.75, 3.05) is 0 Å². The topological polar surface area (TPSA) is 104 Å². The lowest BCUT2D eigenvalue weighted by Crippen LogP contribution is -2.49. The minimum absolute atomic E-state index is 0.412. The molecule has 21 heavy (non-hydrogen) atoms. The first-order valence-corrected chi connectivity index (χ1v) is 6.53. The third-order valence-electron chi connectivity index (χ3n) is 3.79. The number of ether oxygens (including phenoxy) is 1. The van der Waals surface area contributed by atoms with Gasteiger partial charge in [0.25, 0.3) is 0 Å². The van der Waals surface area contributed by atoms with Crippen molar-refractivity contribution in [3.8, 4) is 11.8 Å². The summed E-state index contributed by atoms with van der Waals surface area (Å²) in [5.41, 5.74) is -1.34. The fourth-order valence-electron chi connectivity index (χ4n) is 2.60. The van der Waals surface area contributed by atoms with Gasteiger partial charge in [0.15, 0.2) is 0 Å². The molecule has 0 aromatic carbocycles. The Labute approximate surface area is 122 Å². The first-order valence-electron chi connectivity index (χ1n) is 6.53. The van der Waals surface area contributed by atoms with Crippen LogP contribution in [0.15, 0.2) is 12.1 Å². The summed E-state index contributed by atoms with van der Waals surface area (Å²) < 4.78 is 5.76. The Morgan fingerprint density at radius 2 is 1.76 bits per heavy atom. The van der Waals surface area contributed by atoms with Crippen LogP contribution in [-0.2, 0) is 4.74 Å². The second-order valence-corrected chi connectivity index (χ2v) is 6.27. The molecule has 1 fully saturated rings. The smallest absolute Gasteiger partial charge is 0.492 e. The monoisotopic (exact) mass is 300 g/mol. The summed E-state index contributed by atoms with van der Waals surface area (Å²) in [4.78, 5) is 16.5. The molecule has 0 amide bonds. The van der Waals surface area contributed by atoms with Crippen molar-refractivity contribution in [2.24, 2.45) is 0 Å². The highest BCUT2D eigenvalue weighted by Crippen LogP contribution is 2.40. The van der Waals surface area contributed by atoms with Crippen molar-refractivity contribution in [1.82, 2.24) is 9.79 Å². The number of rotatable bonds is 2. The van der Waals surface area contributed by atoms with Crippen molar-refractivity contribution < 1.29 is 29.8 Å². The summed E-state index contributed by atoms with van der Waals surface area (Å²) in [5.74, 6) is -0.863. The summed E-state index contributed by atoms with van der Waals surface area (Å²) in [7, 11) is 0. The van der Waals surface area contributed by atoms with Gasteiger partial charge in [-0.1, -0.05) is 0 Å². The number of aromatic nitrogens is 1. The molecule has 1 aliphatic rings. The van der Waals surface area contributed by atoms with E-state index in [0.717, 1.165) is 5.06 Å². The lowest BCUT2D eigenvalue weighted by Gasteiger charge is -2.34. The van der Waals surface area contributed by atoms with Crippen LogP contribution in [0.3, 0.4) is 0 Å². The zero-order valence-electron chi connectivity index (χ0n) is 12.4. The predicted octanol–water partition coefficient (Wildman–Crippen LogP) is 1.49. The third kappa shape index (κ3) is 2.64. The van der Waals surface area contributed by atoms with Crippen LogP contribution in [0.25, 0.3) is 0 Å². The zero-order valence-corrected chi connectivity index (χ0v) is 12.4. The van der Waals surface area contributed by atoms with E-state index in [1.54, 1.807) is 13.8 Å². The van der Waals surface area contributed by atoms with E-state index in [1.807, 2.05) is 13.8 Å². The summed E-state index contributed by atoms with van der Waals surface area (Å²) in [6, 6.07) is 2.33. The Morgan fingerprint density at radius 3 is 2.19 bits per heavy atom. The van der Waals surface area contributed by atoms with Gasteiger partial charge in [-0.25, -0.2) is 4.79 Å². The minimum atomic E-state index is -1.08. The van der Waals surface area contributed by atoms with E-state index in [9.17, 15) is 20.2 Å². The van der Waals surface area contributed by atoms with Crippen molar-refractivity contribution in [3.05, 3.63) is 12.1 Å². The van der Waals surface area contributed by atoms with Gasteiger partial charge >= 0.3 is 6.16 Å². The molecule has 0 bridgehead atoms. The number of hydroxylamine groups is 2. The molecular weight excluding hydrogens is 280 g/mol. The Bertz CT molecular complexity index is 531. The van der Waals surface area contributed by atoms with Gasteiger partial charge in [0.05, 0.1) is 5.54 Å². The molecule has 1 saturated heterocycles. The Hall–Kier alpha value is -1.93. The van der Waals surface area contributed by atoms with Gasteiger partial charge < -0.3 is 20.2 Å². The summed E-state index contributed by atoms with van der Waals surface area (Å²) in [5, 5.41) is 30.1. The van der Waals surface area contributed by atoms with E-state index < -0.39 is 35.1 Å². The van der Waals surface area contributed by atoms with Crippen LogP contribution in [0.4, 0.5) is 4.79 Å². The van der Waals surface area contributed by atoms with Gasteiger partial charge in [-0.05, 0) is 27.7 Å². The van der Waals surface area contributed by atoms with Gasteiger partial charge in [-0.2, -0.15) is 5.06 Å². The first-order chi connectivity index (χ1) is 9.55. The van der Waals surface area contributed by atoms with Gasteiger partial charge in [0.2, 0.25) is 11.8 Å². The molecule has 8 nitrogen and oxygen atoms in total. The highest BCUT2D eigenvalue weighted by Gasteiger charge is 2.53. The van der Waals surface area contributed by atoms with Crippen LogP contribution in [0.5, 0.6) is 11.8 Å². The lowest BCUT2D eigenvalue weighted by atomic mass is 9.97. The number of carbonyl (C=O) groups is 1. The van der Waals surface area contributed by atoms with Gasteiger partial charge in [0, 0.05) is 24.1 Å². The highest BCUT2D eigenvalue weighted by atomic mass is 16.8. The van der Waals surface area contributed by atoms with Crippen LogP contribution >= 0.6 is 0 Å². The van der Waals surface area contributed by atoms with Crippen molar-refractivity contribution in [2.45, 2.75) is 51.3 Å². The Morgan fingerprint density at radius 1 is 1.24 bits per heavy atom. The van der Waals surface area contributed by atoms with Gasteiger partial charge in [-0.15, -0.1) is 4.73 Å². The molecule has 2 rings (SSSR count). The molecule has 1 atom stereocenters. The van der Waals surface area contributed by atoms with Crippen molar-refractivity contribution in [3.63, 3.8) is 0 Å². The second kappa shape index (κ2) is 4.81. The highest BCUT2D eigenvalue weighted by molar-refractivity contribution is 5.61. The quantitative estimate of drug-likeness (QED) is 0.711. The van der Waals surface area contributed by atoms with Crippen molar-refractivity contribution in [1.29, 1.82) is 0 Å². The average molecular weight is 300 g/mol. The summed E-state index contributed by atoms with van der Waals surface area (Å²) in [6.07, 6.45) is -1.28. The van der Waals surface area contributed by atoms with E-state index in [-0.39, 0.29) is 0 Å². The number of aromatic hydroxyl groups is 2. The molecule has 0 saturated carbocycles. The van der Waals surface area contributed by atoms with Gasteiger partial charge in [-0.3, -0.25) is 4.84 Å². The number of carbonyl (C=O) groups excluding carboxylic acids is 1. The molecule has 0 aliphatic carbocycles. The average Bonchev–Trinajstić information content (AvgIpc) is 2.74. The molecule has 2 heterocycles. The van der Waals surface area contributed by atoms with Crippen LogP contribution in [0, 0.1) is 0 Å². The standard InChI is InChI=1S/C13H20N2O6/c1-12(2)7-8(13(3,4)15(12)19)20-11(18)21-14-9(16)5-6-10(14)17/h5-6,8,16-17,19H,7H2,1-4H3. The largest absolute Gasteiger partial charge is 0.534 e. The fraction of sp³-hybridized carbons (Fsp3) is 0.615.